The molecule has 0 aromatic heterocycles. The van der Waals surface area contributed by atoms with Crippen molar-refractivity contribution in [2.75, 3.05) is 32.8 Å². The van der Waals surface area contributed by atoms with E-state index in [4.69, 9.17) is 4.74 Å². The number of rotatable bonds is 3. The highest BCUT2D eigenvalue weighted by Gasteiger charge is 2.07. The number of unbranched alkanes of at least 4 members (excludes halogenated alkanes) is 1. The maximum Gasteiger partial charge on any atom is 0.0594 e. The zero-order chi connectivity index (χ0) is 7.23. The third-order valence-electron chi connectivity index (χ3n) is 1.84. The second-order valence-electron chi connectivity index (χ2n) is 2.65. The molecular weight excluding hydrogens is 126 g/mol. The second kappa shape index (κ2) is 4.69. The van der Waals surface area contributed by atoms with Crippen LogP contribution in [0.5, 0.6) is 0 Å². The molecule has 0 unspecified atom stereocenters. The second-order valence-corrected chi connectivity index (χ2v) is 2.65. The minimum Gasteiger partial charge on any atom is -0.379 e. The van der Waals surface area contributed by atoms with Crippen LogP contribution in [0.1, 0.15) is 13.3 Å². The summed E-state index contributed by atoms with van der Waals surface area (Å²) in [5, 5.41) is 0. The van der Waals surface area contributed by atoms with E-state index in [1.54, 1.807) is 0 Å². The summed E-state index contributed by atoms with van der Waals surface area (Å²) >= 11 is 0. The molecule has 2 nitrogen and oxygen atoms in total. The van der Waals surface area contributed by atoms with Crippen LogP contribution in [0.2, 0.25) is 0 Å². The summed E-state index contributed by atoms with van der Waals surface area (Å²) in [5.41, 5.74) is 0. The van der Waals surface area contributed by atoms with Gasteiger partial charge in [-0.25, -0.2) is 0 Å². The molecule has 1 saturated heterocycles. The van der Waals surface area contributed by atoms with Crippen LogP contribution in [0.25, 0.3) is 0 Å². The standard InChI is InChI=1S/C8H16NO/c1-2-3-4-9-5-7-10-8-6-9/h2H,3-8H2,1H3. The smallest absolute Gasteiger partial charge is 0.0594 e. The highest BCUT2D eigenvalue weighted by Crippen LogP contribution is 1.98. The summed E-state index contributed by atoms with van der Waals surface area (Å²) in [6.07, 6.45) is 3.43. The predicted molar refractivity (Wildman–Crippen MR) is 41.9 cm³/mol. The van der Waals surface area contributed by atoms with Gasteiger partial charge in [-0.3, -0.25) is 4.90 Å². The third kappa shape index (κ3) is 2.67. The monoisotopic (exact) mass is 142 g/mol. The quantitative estimate of drug-likeness (QED) is 0.581. The van der Waals surface area contributed by atoms with Gasteiger partial charge in [0.25, 0.3) is 0 Å². The fraction of sp³-hybridized carbons (Fsp3) is 0.875. The lowest BCUT2D eigenvalue weighted by molar-refractivity contribution is 0.0383. The van der Waals surface area contributed by atoms with Gasteiger partial charge in [0, 0.05) is 13.1 Å². The Morgan fingerprint density at radius 3 is 2.70 bits per heavy atom. The molecule has 1 heterocycles. The summed E-state index contributed by atoms with van der Waals surface area (Å²) in [6, 6.07) is 0. The molecule has 10 heavy (non-hydrogen) atoms. The van der Waals surface area contributed by atoms with Crippen molar-refractivity contribution in [3.63, 3.8) is 0 Å². The molecule has 0 saturated carbocycles. The van der Waals surface area contributed by atoms with Crippen molar-refractivity contribution in [3.05, 3.63) is 6.42 Å². The van der Waals surface area contributed by atoms with Gasteiger partial charge < -0.3 is 4.74 Å². The number of hydrogen-bond donors (Lipinski definition) is 0. The van der Waals surface area contributed by atoms with Crippen LogP contribution in [-0.2, 0) is 4.74 Å². The lowest BCUT2D eigenvalue weighted by Gasteiger charge is -2.26. The normalized spacial score (nSPS) is 21.3. The van der Waals surface area contributed by atoms with Crippen LogP contribution in [-0.4, -0.2) is 37.7 Å². The number of nitrogens with zero attached hydrogens (tertiary/aromatic N) is 1. The van der Waals surface area contributed by atoms with E-state index in [-0.39, 0.29) is 0 Å². The first kappa shape index (κ1) is 8.02. The van der Waals surface area contributed by atoms with Gasteiger partial charge in [0.2, 0.25) is 0 Å². The maximum atomic E-state index is 5.23. The summed E-state index contributed by atoms with van der Waals surface area (Å²) in [4.78, 5) is 2.45. The molecule has 1 aliphatic heterocycles. The molecule has 0 bridgehead atoms. The number of morpholine rings is 1. The van der Waals surface area contributed by atoms with Gasteiger partial charge >= 0.3 is 0 Å². The molecule has 0 spiro atoms. The van der Waals surface area contributed by atoms with E-state index in [1.807, 2.05) is 0 Å². The Morgan fingerprint density at radius 1 is 1.40 bits per heavy atom. The first-order chi connectivity index (χ1) is 4.93. The fourth-order valence-corrected chi connectivity index (χ4v) is 1.14. The summed E-state index contributed by atoms with van der Waals surface area (Å²) in [7, 11) is 0. The van der Waals surface area contributed by atoms with E-state index >= 15 is 0 Å². The molecule has 1 rings (SSSR count). The lowest BCUT2D eigenvalue weighted by atomic mass is 10.3. The molecule has 0 atom stereocenters. The number of ether oxygens (including phenoxy) is 1. The Morgan fingerprint density at radius 2 is 2.10 bits per heavy atom. The van der Waals surface area contributed by atoms with E-state index in [0.717, 1.165) is 26.3 Å². The average Bonchev–Trinajstić information content (AvgIpc) is 2.03. The van der Waals surface area contributed by atoms with Gasteiger partial charge in [-0.05, 0) is 19.4 Å². The van der Waals surface area contributed by atoms with E-state index in [1.165, 1.54) is 13.0 Å². The van der Waals surface area contributed by atoms with Crippen LogP contribution in [0, 0.1) is 6.42 Å². The third-order valence-corrected chi connectivity index (χ3v) is 1.84. The molecule has 1 radical (unpaired) electrons. The number of hydrogen-bond acceptors (Lipinski definition) is 2. The highest BCUT2D eigenvalue weighted by atomic mass is 16.5. The van der Waals surface area contributed by atoms with Gasteiger partial charge in [0.15, 0.2) is 0 Å². The summed E-state index contributed by atoms with van der Waals surface area (Å²) < 4.78 is 5.23. The van der Waals surface area contributed by atoms with Crippen LogP contribution in [0.3, 0.4) is 0 Å². The molecule has 0 aromatic carbocycles. The van der Waals surface area contributed by atoms with E-state index in [0.29, 0.717) is 0 Å². The Labute approximate surface area is 63.2 Å². The Kier molecular flexibility index (Phi) is 3.76. The lowest BCUT2D eigenvalue weighted by Crippen LogP contribution is -2.36. The van der Waals surface area contributed by atoms with Crippen molar-refractivity contribution in [2.45, 2.75) is 13.3 Å². The van der Waals surface area contributed by atoms with E-state index in [2.05, 4.69) is 18.2 Å². The Bertz CT molecular complexity index is 79.3. The Balaban J connectivity index is 2.02. The zero-order valence-corrected chi connectivity index (χ0v) is 6.68. The zero-order valence-electron chi connectivity index (χ0n) is 6.68. The topological polar surface area (TPSA) is 12.5 Å². The molecule has 59 valence electrons. The van der Waals surface area contributed by atoms with E-state index < -0.39 is 0 Å². The van der Waals surface area contributed by atoms with Crippen molar-refractivity contribution in [2.24, 2.45) is 0 Å². The maximum absolute atomic E-state index is 5.23. The van der Waals surface area contributed by atoms with Gasteiger partial charge in [0.1, 0.15) is 0 Å². The fourth-order valence-electron chi connectivity index (χ4n) is 1.14. The largest absolute Gasteiger partial charge is 0.379 e. The van der Waals surface area contributed by atoms with E-state index in [9.17, 15) is 0 Å². The van der Waals surface area contributed by atoms with Crippen molar-refractivity contribution in [1.82, 2.24) is 4.90 Å². The van der Waals surface area contributed by atoms with Crippen LogP contribution in [0.4, 0.5) is 0 Å². The van der Waals surface area contributed by atoms with Crippen molar-refractivity contribution < 1.29 is 4.74 Å². The first-order valence-corrected chi connectivity index (χ1v) is 4.01. The predicted octanol–water partition coefficient (Wildman–Crippen LogP) is 0.933. The molecular formula is C8H16NO. The van der Waals surface area contributed by atoms with Crippen molar-refractivity contribution in [1.29, 1.82) is 0 Å². The van der Waals surface area contributed by atoms with Crippen LogP contribution in [0.15, 0.2) is 0 Å². The van der Waals surface area contributed by atoms with Crippen LogP contribution >= 0.6 is 0 Å². The van der Waals surface area contributed by atoms with Gasteiger partial charge in [-0.2, -0.15) is 0 Å². The van der Waals surface area contributed by atoms with Gasteiger partial charge in [0.05, 0.1) is 13.2 Å². The van der Waals surface area contributed by atoms with Crippen LogP contribution < -0.4 is 0 Å². The first-order valence-electron chi connectivity index (χ1n) is 4.01. The van der Waals surface area contributed by atoms with Gasteiger partial charge in [-0.15, -0.1) is 0 Å². The molecule has 0 N–H and O–H groups in total. The molecule has 2 heteroatoms. The minimum absolute atomic E-state index is 0.920. The summed E-state index contributed by atoms with van der Waals surface area (Å²) in [6.45, 7) is 7.40. The van der Waals surface area contributed by atoms with Gasteiger partial charge in [-0.1, -0.05) is 6.92 Å². The summed E-state index contributed by atoms with van der Waals surface area (Å²) in [5.74, 6) is 0. The average molecular weight is 142 g/mol. The Hall–Kier alpha value is -0.0800. The molecule has 1 fully saturated rings. The minimum atomic E-state index is 0.920. The highest BCUT2D eigenvalue weighted by molar-refractivity contribution is 4.65. The van der Waals surface area contributed by atoms with Crippen molar-refractivity contribution in [3.8, 4) is 0 Å². The van der Waals surface area contributed by atoms with Crippen molar-refractivity contribution >= 4 is 0 Å². The molecule has 0 amide bonds. The molecule has 1 aliphatic rings. The molecule has 0 aromatic rings. The molecule has 0 aliphatic carbocycles. The SMILES string of the molecule is C[CH]CCN1CCOCC1.